The van der Waals surface area contributed by atoms with Gasteiger partial charge in [-0.2, -0.15) is 0 Å². The second-order valence-corrected chi connectivity index (χ2v) is 4.72. The second-order valence-electron chi connectivity index (χ2n) is 4.34. The van der Waals surface area contributed by atoms with Crippen molar-refractivity contribution < 1.29 is 0 Å². The highest BCUT2D eigenvalue weighted by Gasteiger charge is 2.10. The zero-order valence-electron chi connectivity index (χ0n) is 10.1. The quantitative estimate of drug-likeness (QED) is 0.570. The Labute approximate surface area is 109 Å². The Bertz CT molecular complexity index is 410. The van der Waals surface area contributed by atoms with Crippen molar-refractivity contribution in [1.29, 1.82) is 0 Å². The summed E-state index contributed by atoms with van der Waals surface area (Å²) in [4.78, 5) is 2.45. The minimum Gasteiger partial charge on any atom is -0.372 e. The van der Waals surface area contributed by atoms with Gasteiger partial charge >= 0.3 is 0 Å². The largest absolute Gasteiger partial charge is 0.372 e. The summed E-state index contributed by atoms with van der Waals surface area (Å²) in [5.41, 5.74) is 2.40. The molecule has 0 bridgehead atoms. The summed E-state index contributed by atoms with van der Waals surface area (Å²) < 4.78 is 0. The first-order valence-electron chi connectivity index (χ1n) is 6.30. The van der Waals surface area contributed by atoms with Crippen LogP contribution in [0.15, 0.2) is 24.3 Å². The van der Waals surface area contributed by atoms with Crippen LogP contribution in [0.3, 0.4) is 0 Å². The van der Waals surface area contributed by atoms with Crippen molar-refractivity contribution in [3.8, 4) is 11.8 Å². The lowest BCUT2D eigenvalue weighted by Gasteiger charge is -2.28. The molecule has 0 atom stereocenters. The summed E-state index contributed by atoms with van der Waals surface area (Å²) in [6.07, 6.45) is 4.74. The minimum atomic E-state index is 0.610. The average Bonchev–Trinajstić information content (AvgIpc) is 2.41. The van der Waals surface area contributed by atoms with E-state index in [1.165, 1.54) is 38.0 Å². The maximum absolute atomic E-state index is 5.61. The van der Waals surface area contributed by atoms with Crippen LogP contribution in [0, 0.1) is 11.8 Å². The third kappa shape index (κ3) is 3.68. The zero-order chi connectivity index (χ0) is 11.9. The molecule has 0 N–H and O–H groups in total. The maximum Gasteiger partial charge on any atom is 0.0378 e. The molecule has 0 saturated carbocycles. The standard InChI is InChI=1S/C15H18ClN/c16-10-3-2-7-14-8-6-9-15(13-14)17-11-4-1-5-12-17/h6,8-9,13H,1,3-5,10-12H2. The number of alkyl halides is 1. The van der Waals surface area contributed by atoms with E-state index in [0.29, 0.717) is 5.88 Å². The van der Waals surface area contributed by atoms with Crippen molar-refractivity contribution in [2.45, 2.75) is 25.7 Å². The molecular weight excluding hydrogens is 230 g/mol. The number of hydrogen-bond acceptors (Lipinski definition) is 1. The van der Waals surface area contributed by atoms with Crippen LogP contribution < -0.4 is 4.90 Å². The molecule has 1 aromatic rings. The van der Waals surface area contributed by atoms with Crippen LogP contribution in [-0.2, 0) is 0 Å². The molecule has 90 valence electrons. The van der Waals surface area contributed by atoms with Gasteiger partial charge in [-0.05, 0) is 37.5 Å². The van der Waals surface area contributed by atoms with Crippen LogP contribution in [0.25, 0.3) is 0 Å². The zero-order valence-corrected chi connectivity index (χ0v) is 10.8. The fraction of sp³-hybridized carbons (Fsp3) is 0.467. The van der Waals surface area contributed by atoms with E-state index in [1.54, 1.807) is 0 Å². The molecule has 1 fully saturated rings. The smallest absolute Gasteiger partial charge is 0.0378 e. The van der Waals surface area contributed by atoms with Gasteiger partial charge in [0.15, 0.2) is 0 Å². The molecule has 1 nitrogen and oxygen atoms in total. The third-order valence-corrected chi connectivity index (χ3v) is 3.21. The maximum atomic E-state index is 5.61. The summed E-state index contributed by atoms with van der Waals surface area (Å²) in [5, 5.41) is 0. The number of hydrogen-bond donors (Lipinski definition) is 0. The van der Waals surface area contributed by atoms with E-state index in [9.17, 15) is 0 Å². The summed E-state index contributed by atoms with van der Waals surface area (Å²) in [7, 11) is 0. The van der Waals surface area contributed by atoms with Gasteiger partial charge in [-0.1, -0.05) is 17.9 Å². The summed E-state index contributed by atoms with van der Waals surface area (Å²) in [5.74, 6) is 6.85. The number of anilines is 1. The lowest BCUT2D eigenvalue weighted by Crippen LogP contribution is -2.29. The van der Waals surface area contributed by atoms with Crippen LogP contribution in [0.1, 0.15) is 31.2 Å². The molecule has 0 spiro atoms. The molecule has 2 rings (SSSR count). The van der Waals surface area contributed by atoms with Crippen molar-refractivity contribution in [2.75, 3.05) is 23.9 Å². The van der Waals surface area contributed by atoms with E-state index < -0.39 is 0 Å². The molecule has 0 aromatic heterocycles. The normalized spacial score (nSPS) is 15.2. The van der Waals surface area contributed by atoms with Crippen LogP contribution in [-0.4, -0.2) is 19.0 Å². The molecule has 0 unspecified atom stereocenters. The predicted octanol–water partition coefficient (Wildman–Crippen LogP) is 3.66. The number of rotatable bonds is 2. The number of piperidine rings is 1. The molecule has 1 aliphatic rings. The Hall–Kier alpha value is -1.13. The number of nitrogens with zero attached hydrogens (tertiary/aromatic N) is 1. The van der Waals surface area contributed by atoms with E-state index >= 15 is 0 Å². The van der Waals surface area contributed by atoms with E-state index in [4.69, 9.17) is 11.6 Å². The fourth-order valence-corrected chi connectivity index (χ4v) is 2.24. The second kappa shape index (κ2) is 6.57. The fourth-order valence-electron chi connectivity index (χ4n) is 2.14. The summed E-state index contributed by atoms with van der Waals surface area (Å²) >= 11 is 5.61. The summed E-state index contributed by atoms with van der Waals surface area (Å²) in [6.45, 7) is 2.36. The lowest BCUT2D eigenvalue weighted by molar-refractivity contribution is 0.578. The minimum absolute atomic E-state index is 0.610. The first kappa shape index (κ1) is 12.3. The number of halogens is 1. The van der Waals surface area contributed by atoms with Crippen LogP contribution in [0.2, 0.25) is 0 Å². The van der Waals surface area contributed by atoms with Crippen molar-refractivity contribution in [1.82, 2.24) is 0 Å². The highest BCUT2D eigenvalue weighted by molar-refractivity contribution is 6.18. The Morgan fingerprint density at radius 3 is 2.76 bits per heavy atom. The third-order valence-electron chi connectivity index (χ3n) is 3.02. The molecule has 0 radical (unpaired) electrons. The van der Waals surface area contributed by atoms with Crippen molar-refractivity contribution in [2.24, 2.45) is 0 Å². The van der Waals surface area contributed by atoms with Gasteiger partial charge < -0.3 is 4.90 Å². The molecule has 1 heterocycles. The van der Waals surface area contributed by atoms with E-state index in [0.717, 1.165) is 12.0 Å². The highest BCUT2D eigenvalue weighted by atomic mass is 35.5. The van der Waals surface area contributed by atoms with Gasteiger partial charge in [0.2, 0.25) is 0 Å². The van der Waals surface area contributed by atoms with Gasteiger partial charge in [0.25, 0.3) is 0 Å². The lowest BCUT2D eigenvalue weighted by atomic mass is 10.1. The van der Waals surface area contributed by atoms with E-state index in [-0.39, 0.29) is 0 Å². The first-order valence-corrected chi connectivity index (χ1v) is 6.83. The van der Waals surface area contributed by atoms with Gasteiger partial charge in [-0.15, -0.1) is 11.6 Å². The van der Waals surface area contributed by atoms with E-state index in [1.807, 2.05) is 0 Å². The molecule has 0 amide bonds. The topological polar surface area (TPSA) is 3.24 Å². The van der Waals surface area contributed by atoms with Gasteiger partial charge in [-0.3, -0.25) is 0 Å². The molecule has 1 saturated heterocycles. The average molecular weight is 248 g/mol. The Morgan fingerprint density at radius 2 is 2.00 bits per heavy atom. The van der Waals surface area contributed by atoms with Gasteiger partial charge in [0, 0.05) is 36.6 Å². The van der Waals surface area contributed by atoms with Gasteiger partial charge in [0.1, 0.15) is 0 Å². The molecular formula is C15H18ClN. The van der Waals surface area contributed by atoms with Crippen molar-refractivity contribution >= 4 is 17.3 Å². The highest BCUT2D eigenvalue weighted by Crippen LogP contribution is 2.20. The molecule has 0 aliphatic carbocycles. The van der Waals surface area contributed by atoms with Gasteiger partial charge in [-0.25, -0.2) is 0 Å². The SMILES string of the molecule is ClCCC#Cc1cccc(N2CCCCC2)c1. The van der Waals surface area contributed by atoms with Crippen molar-refractivity contribution in [3.63, 3.8) is 0 Å². The Balaban J connectivity index is 2.08. The number of benzene rings is 1. The first-order chi connectivity index (χ1) is 8.40. The van der Waals surface area contributed by atoms with Gasteiger partial charge in [0.05, 0.1) is 0 Å². The Morgan fingerprint density at radius 1 is 1.18 bits per heavy atom. The van der Waals surface area contributed by atoms with Crippen LogP contribution in [0.5, 0.6) is 0 Å². The van der Waals surface area contributed by atoms with E-state index in [2.05, 4.69) is 41.0 Å². The molecule has 17 heavy (non-hydrogen) atoms. The summed E-state index contributed by atoms with van der Waals surface area (Å²) in [6, 6.07) is 8.52. The Kier molecular flexibility index (Phi) is 4.76. The monoisotopic (exact) mass is 247 g/mol. The van der Waals surface area contributed by atoms with Crippen LogP contribution >= 0.6 is 11.6 Å². The molecule has 1 aliphatic heterocycles. The van der Waals surface area contributed by atoms with Crippen molar-refractivity contribution in [3.05, 3.63) is 29.8 Å². The predicted molar refractivity (Wildman–Crippen MR) is 74.7 cm³/mol. The molecule has 1 aromatic carbocycles. The van der Waals surface area contributed by atoms with Crippen LogP contribution in [0.4, 0.5) is 5.69 Å². The molecule has 2 heteroatoms.